The van der Waals surface area contributed by atoms with E-state index in [-0.39, 0.29) is 11.4 Å². The van der Waals surface area contributed by atoms with Crippen molar-refractivity contribution in [2.75, 3.05) is 0 Å². The Balaban J connectivity index is 1.84. The average Bonchev–Trinajstić information content (AvgIpc) is 2.57. The summed E-state index contributed by atoms with van der Waals surface area (Å²) in [6.45, 7) is 0. The molecule has 0 saturated heterocycles. The fourth-order valence-electron chi connectivity index (χ4n) is 2.13. The smallest absolute Gasteiger partial charge is 0.289 e. The van der Waals surface area contributed by atoms with Crippen LogP contribution in [0.3, 0.4) is 0 Å². The van der Waals surface area contributed by atoms with E-state index in [1.807, 2.05) is 30.3 Å². The highest BCUT2D eigenvalue weighted by Crippen LogP contribution is 2.25. The lowest BCUT2D eigenvalue weighted by atomic mass is 10.0. The number of aromatic nitrogens is 1. The van der Waals surface area contributed by atoms with Crippen LogP contribution in [0.15, 0.2) is 65.9 Å². The standard InChI is InChI=1S/C17H13N3O2/c21-16-9-8-12-5-1-2-6-13(12)14(16)11-19-20-17(22)15-7-3-4-10-18-15/h1-11,21H,(H,20,22). The average molecular weight is 291 g/mol. The molecule has 0 fully saturated rings. The number of carbonyl (C=O) groups excluding carboxylic acids is 1. The third kappa shape index (κ3) is 2.78. The fourth-order valence-corrected chi connectivity index (χ4v) is 2.13. The molecule has 0 aliphatic carbocycles. The molecule has 108 valence electrons. The van der Waals surface area contributed by atoms with E-state index in [4.69, 9.17) is 0 Å². The summed E-state index contributed by atoms with van der Waals surface area (Å²) in [6, 6.07) is 16.1. The molecule has 0 saturated carbocycles. The summed E-state index contributed by atoms with van der Waals surface area (Å²) in [7, 11) is 0. The number of pyridine rings is 1. The SMILES string of the molecule is O=C(NN=Cc1c(O)ccc2ccccc12)c1ccccn1. The van der Waals surface area contributed by atoms with Gasteiger partial charge in [0, 0.05) is 11.8 Å². The second kappa shape index (κ2) is 6.05. The van der Waals surface area contributed by atoms with Crippen LogP contribution in [0.2, 0.25) is 0 Å². The van der Waals surface area contributed by atoms with E-state index in [0.29, 0.717) is 5.56 Å². The predicted molar refractivity (Wildman–Crippen MR) is 84.9 cm³/mol. The number of aromatic hydroxyl groups is 1. The second-order valence-corrected chi connectivity index (χ2v) is 4.63. The minimum Gasteiger partial charge on any atom is -0.507 e. The molecule has 0 radical (unpaired) electrons. The molecule has 5 heteroatoms. The first-order valence-electron chi connectivity index (χ1n) is 6.71. The molecule has 1 heterocycles. The molecular weight excluding hydrogens is 278 g/mol. The van der Waals surface area contributed by atoms with Crippen LogP contribution < -0.4 is 5.43 Å². The Hall–Kier alpha value is -3.21. The van der Waals surface area contributed by atoms with Gasteiger partial charge in [-0.15, -0.1) is 0 Å². The number of hydrogen-bond donors (Lipinski definition) is 2. The number of phenols is 1. The molecule has 3 rings (SSSR count). The van der Waals surface area contributed by atoms with Crippen LogP contribution in [0.4, 0.5) is 0 Å². The van der Waals surface area contributed by atoms with Crippen molar-refractivity contribution >= 4 is 22.9 Å². The molecule has 3 aromatic rings. The summed E-state index contributed by atoms with van der Waals surface area (Å²) in [4.78, 5) is 15.8. The summed E-state index contributed by atoms with van der Waals surface area (Å²) in [6.07, 6.45) is 2.97. The minimum absolute atomic E-state index is 0.106. The molecule has 0 atom stereocenters. The monoisotopic (exact) mass is 291 g/mol. The van der Waals surface area contributed by atoms with E-state index < -0.39 is 5.91 Å². The van der Waals surface area contributed by atoms with E-state index in [0.717, 1.165) is 10.8 Å². The van der Waals surface area contributed by atoms with Crippen molar-refractivity contribution in [3.05, 3.63) is 72.1 Å². The molecule has 2 aromatic carbocycles. The number of hydrazone groups is 1. The highest BCUT2D eigenvalue weighted by atomic mass is 16.3. The van der Waals surface area contributed by atoms with Crippen molar-refractivity contribution in [3.8, 4) is 5.75 Å². The van der Waals surface area contributed by atoms with Gasteiger partial charge >= 0.3 is 0 Å². The normalized spacial score (nSPS) is 10.9. The van der Waals surface area contributed by atoms with Crippen molar-refractivity contribution < 1.29 is 9.90 Å². The Labute approximate surface area is 126 Å². The van der Waals surface area contributed by atoms with Crippen LogP contribution in [0.1, 0.15) is 16.1 Å². The van der Waals surface area contributed by atoms with Gasteiger partial charge in [0.15, 0.2) is 0 Å². The molecule has 0 unspecified atom stereocenters. The van der Waals surface area contributed by atoms with Crippen LogP contribution in [0.5, 0.6) is 5.75 Å². The van der Waals surface area contributed by atoms with Gasteiger partial charge in [0.1, 0.15) is 11.4 Å². The van der Waals surface area contributed by atoms with Gasteiger partial charge < -0.3 is 5.11 Å². The molecule has 1 amide bonds. The van der Waals surface area contributed by atoms with Crippen LogP contribution in [-0.2, 0) is 0 Å². The van der Waals surface area contributed by atoms with Gasteiger partial charge in [-0.05, 0) is 29.0 Å². The number of benzene rings is 2. The van der Waals surface area contributed by atoms with Gasteiger partial charge in [0.25, 0.3) is 5.91 Å². The Bertz CT molecular complexity index is 845. The lowest BCUT2D eigenvalue weighted by Gasteiger charge is -2.04. The Kier molecular flexibility index (Phi) is 3.78. The van der Waals surface area contributed by atoms with Crippen LogP contribution >= 0.6 is 0 Å². The number of hydrogen-bond acceptors (Lipinski definition) is 4. The van der Waals surface area contributed by atoms with Crippen molar-refractivity contribution in [2.45, 2.75) is 0 Å². The quantitative estimate of drug-likeness (QED) is 0.575. The van der Waals surface area contributed by atoms with E-state index in [1.54, 1.807) is 24.3 Å². The summed E-state index contributed by atoms with van der Waals surface area (Å²) in [5, 5.41) is 15.7. The number of nitrogens with zero attached hydrogens (tertiary/aromatic N) is 2. The topological polar surface area (TPSA) is 74.6 Å². The van der Waals surface area contributed by atoms with E-state index in [1.165, 1.54) is 12.4 Å². The molecular formula is C17H13N3O2. The molecule has 0 spiro atoms. The lowest BCUT2D eigenvalue weighted by molar-refractivity contribution is 0.0950. The van der Waals surface area contributed by atoms with E-state index in [9.17, 15) is 9.90 Å². The molecule has 1 aromatic heterocycles. The third-order valence-corrected chi connectivity index (χ3v) is 3.20. The van der Waals surface area contributed by atoms with Gasteiger partial charge in [0.2, 0.25) is 0 Å². The number of carbonyl (C=O) groups is 1. The molecule has 2 N–H and O–H groups in total. The number of fused-ring (bicyclic) bond motifs is 1. The van der Waals surface area contributed by atoms with E-state index in [2.05, 4.69) is 15.5 Å². The van der Waals surface area contributed by atoms with Gasteiger partial charge in [0.05, 0.1) is 6.21 Å². The maximum absolute atomic E-state index is 11.8. The van der Waals surface area contributed by atoms with Crippen molar-refractivity contribution in [2.24, 2.45) is 5.10 Å². The lowest BCUT2D eigenvalue weighted by Crippen LogP contribution is -2.18. The highest BCUT2D eigenvalue weighted by Gasteiger charge is 2.06. The first kappa shape index (κ1) is 13.8. The second-order valence-electron chi connectivity index (χ2n) is 4.63. The van der Waals surface area contributed by atoms with E-state index >= 15 is 0 Å². The summed E-state index contributed by atoms with van der Waals surface area (Å²) < 4.78 is 0. The minimum atomic E-state index is -0.406. The van der Waals surface area contributed by atoms with Gasteiger partial charge in [-0.25, -0.2) is 5.43 Å². The molecule has 22 heavy (non-hydrogen) atoms. The van der Waals surface area contributed by atoms with Crippen molar-refractivity contribution in [3.63, 3.8) is 0 Å². The highest BCUT2D eigenvalue weighted by molar-refractivity contribution is 6.02. The number of amides is 1. The zero-order chi connectivity index (χ0) is 15.4. The molecule has 5 nitrogen and oxygen atoms in total. The predicted octanol–water partition coefficient (Wildman–Crippen LogP) is 2.70. The van der Waals surface area contributed by atoms with Gasteiger partial charge in [-0.1, -0.05) is 36.4 Å². The van der Waals surface area contributed by atoms with Crippen LogP contribution in [0, 0.1) is 0 Å². The number of nitrogens with one attached hydrogen (secondary N) is 1. The maximum atomic E-state index is 11.8. The van der Waals surface area contributed by atoms with Crippen molar-refractivity contribution in [1.29, 1.82) is 0 Å². The third-order valence-electron chi connectivity index (χ3n) is 3.20. The first-order valence-corrected chi connectivity index (χ1v) is 6.71. The number of rotatable bonds is 3. The van der Waals surface area contributed by atoms with Crippen LogP contribution in [-0.4, -0.2) is 22.2 Å². The van der Waals surface area contributed by atoms with Gasteiger partial charge in [-0.2, -0.15) is 5.10 Å². The zero-order valence-electron chi connectivity index (χ0n) is 11.6. The summed E-state index contributed by atoms with van der Waals surface area (Å²) in [5.41, 5.74) is 3.23. The van der Waals surface area contributed by atoms with Crippen LogP contribution in [0.25, 0.3) is 10.8 Å². The first-order chi connectivity index (χ1) is 10.8. The maximum Gasteiger partial charge on any atom is 0.289 e. The largest absolute Gasteiger partial charge is 0.507 e. The summed E-state index contributed by atoms with van der Waals surface area (Å²) >= 11 is 0. The summed E-state index contributed by atoms with van der Waals surface area (Å²) in [5.74, 6) is -0.300. The molecule has 0 bridgehead atoms. The Morgan fingerprint density at radius 2 is 1.91 bits per heavy atom. The van der Waals surface area contributed by atoms with Gasteiger partial charge in [-0.3, -0.25) is 9.78 Å². The Morgan fingerprint density at radius 1 is 1.09 bits per heavy atom. The molecule has 0 aliphatic rings. The fraction of sp³-hybridized carbons (Fsp3) is 0. The number of phenolic OH excluding ortho intramolecular Hbond substituents is 1. The Morgan fingerprint density at radius 3 is 2.73 bits per heavy atom. The zero-order valence-corrected chi connectivity index (χ0v) is 11.6. The van der Waals surface area contributed by atoms with Crippen molar-refractivity contribution in [1.82, 2.24) is 10.4 Å². The molecule has 0 aliphatic heterocycles.